The quantitative estimate of drug-likeness (QED) is 0.758. The smallest absolute Gasteiger partial charge is 0.423 e. The van der Waals surface area contributed by atoms with Gasteiger partial charge in [0.15, 0.2) is 0 Å². The third kappa shape index (κ3) is 1.70. The van der Waals surface area contributed by atoms with Crippen LogP contribution in [0.2, 0.25) is 0 Å². The summed E-state index contributed by atoms with van der Waals surface area (Å²) in [5, 5.41) is 9.46. The van der Waals surface area contributed by atoms with E-state index in [1.165, 1.54) is 0 Å². The van der Waals surface area contributed by atoms with Gasteiger partial charge < -0.3 is 9.68 Å². The van der Waals surface area contributed by atoms with Gasteiger partial charge in [0.2, 0.25) is 0 Å². The molecule has 0 saturated heterocycles. The summed E-state index contributed by atoms with van der Waals surface area (Å²) in [7, 11) is -0.779. The Morgan fingerprint density at radius 1 is 1.38 bits per heavy atom. The van der Waals surface area contributed by atoms with E-state index in [1.54, 1.807) is 0 Å². The minimum Gasteiger partial charge on any atom is -0.423 e. The minimum absolute atomic E-state index is 0.484. The molecule has 13 heavy (non-hydrogen) atoms. The summed E-state index contributed by atoms with van der Waals surface area (Å²) in [6.45, 7) is 0.484. The van der Waals surface area contributed by atoms with Crippen molar-refractivity contribution in [3.63, 3.8) is 0 Å². The summed E-state index contributed by atoms with van der Waals surface area (Å²) < 4.78 is 5.99. The highest BCUT2D eigenvalue weighted by molar-refractivity contribution is 9.10. The van der Waals surface area contributed by atoms with Gasteiger partial charge in [-0.05, 0) is 17.1 Å². The predicted molar refractivity (Wildman–Crippen MR) is 56.0 cm³/mol. The third-order valence-electron chi connectivity index (χ3n) is 2.01. The summed E-state index contributed by atoms with van der Waals surface area (Å²) in [6.07, 6.45) is 1.89. The van der Waals surface area contributed by atoms with E-state index in [0.717, 1.165) is 15.5 Å². The Bertz CT molecular complexity index is 351. The van der Waals surface area contributed by atoms with E-state index in [0.29, 0.717) is 6.61 Å². The fraction of sp³-hybridized carbons (Fsp3) is 0.111. The molecule has 0 radical (unpaired) electrons. The van der Waals surface area contributed by atoms with Crippen molar-refractivity contribution in [2.45, 2.75) is 0 Å². The first-order valence-electron chi connectivity index (χ1n) is 4.03. The van der Waals surface area contributed by atoms with Crippen LogP contribution in [0.5, 0.6) is 0 Å². The van der Waals surface area contributed by atoms with Crippen LogP contribution in [0.1, 0.15) is 5.56 Å². The molecule has 66 valence electrons. The van der Waals surface area contributed by atoms with Crippen LogP contribution in [0.25, 0.3) is 5.47 Å². The van der Waals surface area contributed by atoms with Crippen molar-refractivity contribution in [1.82, 2.24) is 0 Å². The van der Waals surface area contributed by atoms with Crippen molar-refractivity contribution in [2.75, 3.05) is 6.61 Å². The molecule has 1 aromatic rings. The molecule has 0 unspecified atom stereocenters. The highest BCUT2D eigenvalue weighted by Crippen LogP contribution is 2.27. The molecule has 0 atom stereocenters. The molecule has 2 rings (SSSR count). The van der Waals surface area contributed by atoms with Gasteiger partial charge in [-0.2, -0.15) is 0 Å². The van der Waals surface area contributed by atoms with Crippen molar-refractivity contribution >= 4 is 28.5 Å². The maximum absolute atomic E-state index is 9.46. The molecular formula is C9H8BBrO2. The average Bonchev–Trinajstić information content (AvgIpc) is 2.52. The highest BCUT2D eigenvalue weighted by atomic mass is 79.9. The van der Waals surface area contributed by atoms with Gasteiger partial charge in [-0.3, -0.25) is 0 Å². The second-order valence-electron chi connectivity index (χ2n) is 2.83. The number of benzene rings is 1. The second kappa shape index (κ2) is 3.66. The standard InChI is InChI=1S/C9H8BBrO2/c11-9-4-2-1-3-7(9)8-5-6-13-10(8)12/h1-5,12H,6H2. The monoisotopic (exact) mass is 238 g/mol. The van der Waals surface area contributed by atoms with Crippen LogP contribution in [0.4, 0.5) is 0 Å². The van der Waals surface area contributed by atoms with Crippen LogP contribution in [0.3, 0.4) is 0 Å². The number of hydrogen-bond acceptors (Lipinski definition) is 2. The van der Waals surface area contributed by atoms with Gasteiger partial charge in [-0.1, -0.05) is 40.2 Å². The Kier molecular flexibility index (Phi) is 2.53. The summed E-state index contributed by atoms with van der Waals surface area (Å²) in [4.78, 5) is 0. The van der Waals surface area contributed by atoms with E-state index in [4.69, 9.17) is 4.65 Å². The van der Waals surface area contributed by atoms with Gasteiger partial charge in [0.05, 0.1) is 6.61 Å². The van der Waals surface area contributed by atoms with Crippen molar-refractivity contribution < 1.29 is 9.68 Å². The van der Waals surface area contributed by atoms with Crippen LogP contribution in [-0.2, 0) is 4.65 Å². The van der Waals surface area contributed by atoms with Gasteiger partial charge in [-0.15, -0.1) is 0 Å². The van der Waals surface area contributed by atoms with E-state index < -0.39 is 7.12 Å². The molecule has 0 amide bonds. The maximum Gasteiger partial charge on any atom is 0.491 e. The molecule has 0 bridgehead atoms. The van der Waals surface area contributed by atoms with Gasteiger partial charge in [-0.25, -0.2) is 0 Å². The fourth-order valence-corrected chi connectivity index (χ4v) is 1.87. The Labute approximate surface area is 85.5 Å². The maximum atomic E-state index is 9.46. The van der Waals surface area contributed by atoms with Crippen LogP contribution in [0.15, 0.2) is 34.8 Å². The number of hydrogen-bond donors (Lipinski definition) is 1. The van der Waals surface area contributed by atoms with Gasteiger partial charge in [0.1, 0.15) is 0 Å². The van der Waals surface area contributed by atoms with Gasteiger partial charge >= 0.3 is 7.12 Å². The Morgan fingerprint density at radius 3 is 2.77 bits per heavy atom. The summed E-state index contributed by atoms with van der Waals surface area (Å²) >= 11 is 3.43. The van der Waals surface area contributed by atoms with Crippen molar-refractivity contribution in [3.05, 3.63) is 40.4 Å². The molecule has 0 fully saturated rings. The molecule has 4 heteroatoms. The zero-order valence-corrected chi connectivity index (χ0v) is 8.49. The molecule has 1 aliphatic rings. The Morgan fingerprint density at radius 2 is 2.15 bits per heavy atom. The van der Waals surface area contributed by atoms with Crippen molar-refractivity contribution in [2.24, 2.45) is 0 Å². The van der Waals surface area contributed by atoms with E-state index in [2.05, 4.69) is 15.9 Å². The lowest BCUT2D eigenvalue weighted by atomic mass is 9.76. The van der Waals surface area contributed by atoms with Crippen molar-refractivity contribution in [3.8, 4) is 0 Å². The summed E-state index contributed by atoms with van der Waals surface area (Å²) in [5.41, 5.74) is 1.83. The first kappa shape index (κ1) is 9.00. The summed E-state index contributed by atoms with van der Waals surface area (Å²) in [5.74, 6) is 0. The van der Waals surface area contributed by atoms with Gasteiger partial charge in [0.25, 0.3) is 0 Å². The highest BCUT2D eigenvalue weighted by Gasteiger charge is 2.26. The molecular weight excluding hydrogens is 231 g/mol. The zero-order valence-electron chi connectivity index (χ0n) is 6.90. The van der Waals surface area contributed by atoms with E-state index >= 15 is 0 Å². The van der Waals surface area contributed by atoms with Crippen LogP contribution in [0, 0.1) is 0 Å². The lowest BCUT2D eigenvalue weighted by Gasteiger charge is -2.05. The molecule has 1 N–H and O–H groups in total. The Hall–Kier alpha value is -0.575. The molecule has 1 heterocycles. The fourth-order valence-electron chi connectivity index (χ4n) is 1.36. The first-order valence-corrected chi connectivity index (χ1v) is 4.83. The predicted octanol–water partition coefficient (Wildman–Crippen LogP) is 1.88. The molecule has 2 nitrogen and oxygen atoms in total. The van der Waals surface area contributed by atoms with Crippen molar-refractivity contribution in [1.29, 1.82) is 0 Å². The lowest BCUT2D eigenvalue weighted by Crippen LogP contribution is -2.14. The molecule has 0 aliphatic carbocycles. The normalized spacial score (nSPS) is 16.2. The second-order valence-corrected chi connectivity index (χ2v) is 3.68. The first-order chi connectivity index (χ1) is 6.29. The topological polar surface area (TPSA) is 29.5 Å². The lowest BCUT2D eigenvalue weighted by molar-refractivity contribution is 0.316. The molecule has 1 aliphatic heterocycles. The summed E-state index contributed by atoms with van der Waals surface area (Å²) in [6, 6.07) is 7.78. The third-order valence-corrected chi connectivity index (χ3v) is 2.70. The SMILES string of the molecule is OB1OCC=C1c1ccccc1Br. The number of rotatable bonds is 1. The van der Waals surface area contributed by atoms with Crippen LogP contribution >= 0.6 is 15.9 Å². The largest absolute Gasteiger partial charge is 0.491 e. The molecule has 1 aromatic carbocycles. The average molecular weight is 239 g/mol. The van der Waals surface area contributed by atoms with Crippen LogP contribution in [-0.4, -0.2) is 18.7 Å². The van der Waals surface area contributed by atoms with E-state index in [9.17, 15) is 5.02 Å². The Balaban J connectivity index is 2.40. The molecule has 0 aromatic heterocycles. The van der Waals surface area contributed by atoms with E-state index in [-0.39, 0.29) is 0 Å². The molecule has 0 saturated carbocycles. The number of halogens is 1. The minimum atomic E-state index is -0.779. The van der Waals surface area contributed by atoms with Gasteiger partial charge in [0, 0.05) is 4.47 Å². The van der Waals surface area contributed by atoms with E-state index in [1.807, 2.05) is 30.3 Å². The van der Waals surface area contributed by atoms with Crippen LogP contribution < -0.4 is 0 Å². The zero-order chi connectivity index (χ0) is 9.26. The molecule has 0 spiro atoms.